The van der Waals surface area contributed by atoms with Crippen molar-refractivity contribution in [2.75, 3.05) is 6.54 Å². The van der Waals surface area contributed by atoms with Crippen molar-refractivity contribution in [1.82, 2.24) is 10.3 Å². The van der Waals surface area contributed by atoms with Crippen molar-refractivity contribution in [1.29, 1.82) is 0 Å². The van der Waals surface area contributed by atoms with Gasteiger partial charge in [-0.3, -0.25) is 5.32 Å². The lowest BCUT2D eigenvalue weighted by Gasteiger charge is -2.06. The molecule has 1 unspecified atom stereocenters. The number of rotatable bonds is 3. The molecule has 0 radical (unpaired) electrons. The Morgan fingerprint density at radius 2 is 2.11 bits per heavy atom. The van der Waals surface area contributed by atoms with E-state index in [4.69, 9.17) is 4.42 Å². The molecule has 1 atom stereocenters. The van der Waals surface area contributed by atoms with Crippen molar-refractivity contribution < 1.29 is 4.42 Å². The second kappa shape index (κ2) is 6.04. The molecule has 2 aromatic rings. The molecule has 0 fully saturated rings. The van der Waals surface area contributed by atoms with E-state index in [9.17, 15) is 0 Å². The van der Waals surface area contributed by atoms with Crippen LogP contribution in [0.3, 0.4) is 0 Å². The van der Waals surface area contributed by atoms with Crippen LogP contribution in [0.15, 0.2) is 40.9 Å². The third-order valence-electron chi connectivity index (χ3n) is 2.51. The summed E-state index contributed by atoms with van der Waals surface area (Å²) in [6, 6.07) is 10.0. The summed E-state index contributed by atoms with van der Waals surface area (Å²) in [4.78, 5) is 4.18. The summed E-state index contributed by atoms with van der Waals surface area (Å²) in [7, 11) is 0. The van der Waals surface area contributed by atoms with Crippen molar-refractivity contribution in [2.24, 2.45) is 0 Å². The van der Waals surface area contributed by atoms with Crippen molar-refractivity contribution in [3.05, 3.63) is 53.7 Å². The Balaban J connectivity index is 1.84. The standard InChI is InChI=1S/C15H16N2O/c1-12-11-17-15(18-12)13(2)16-10-6-9-14-7-4-3-5-8-14/h3-5,7-8,11,13,16H,10H2,1-2H3. The molecule has 1 N–H and O–H groups in total. The molecule has 3 nitrogen and oxygen atoms in total. The van der Waals surface area contributed by atoms with Crippen LogP contribution in [0.1, 0.15) is 30.2 Å². The van der Waals surface area contributed by atoms with Crippen LogP contribution in [0.5, 0.6) is 0 Å². The number of oxazole rings is 1. The molecule has 0 saturated heterocycles. The number of nitrogens with one attached hydrogen (secondary N) is 1. The van der Waals surface area contributed by atoms with Gasteiger partial charge in [-0.2, -0.15) is 0 Å². The first-order chi connectivity index (χ1) is 8.75. The van der Waals surface area contributed by atoms with Gasteiger partial charge in [-0.25, -0.2) is 4.98 Å². The van der Waals surface area contributed by atoms with E-state index in [1.165, 1.54) is 0 Å². The number of aryl methyl sites for hydroxylation is 1. The van der Waals surface area contributed by atoms with E-state index >= 15 is 0 Å². The van der Waals surface area contributed by atoms with Gasteiger partial charge < -0.3 is 4.42 Å². The molecule has 18 heavy (non-hydrogen) atoms. The number of aromatic nitrogens is 1. The Labute approximate surface area is 107 Å². The Hall–Kier alpha value is -2.05. The average Bonchev–Trinajstić information content (AvgIpc) is 2.82. The average molecular weight is 240 g/mol. The van der Waals surface area contributed by atoms with E-state index < -0.39 is 0 Å². The van der Waals surface area contributed by atoms with Crippen molar-refractivity contribution in [2.45, 2.75) is 19.9 Å². The molecular weight excluding hydrogens is 224 g/mol. The van der Waals surface area contributed by atoms with E-state index in [0.717, 1.165) is 11.3 Å². The highest BCUT2D eigenvalue weighted by Crippen LogP contribution is 2.10. The van der Waals surface area contributed by atoms with Gasteiger partial charge in [-0.1, -0.05) is 30.0 Å². The van der Waals surface area contributed by atoms with Gasteiger partial charge in [0, 0.05) is 5.56 Å². The minimum atomic E-state index is 0.0729. The lowest BCUT2D eigenvalue weighted by molar-refractivity contribution is 0.412. The van der Waals surface area contributed by atoms with E-state index in [2.05, 4.69) is 22.1 Å². The smallest absolute Gasteiger partial charge is 0.211 e. The van der Waals surface area contributed by atoms with Crippen LogP contribution < -0.4 is 5.32 Å². The second-order valence-corrected chi connectivity index (χ2v) is 4.08. The number of nitrogens with zero attached hydrogens (tertiary/aromatic N) is 1. The summed E-state index contributed by atoms with van der Waals surface area (Å²) < 4.78 is 5.44. The summed E-state index contributed by atoms with van der Waals surface area (Å²) >= 11 is 0. The molecule has 0 saturated carbocycles. The number of hydrogen-bond acceptors (Lipinski definition) is 3. The first kappa shape index (κ1) is 12.4. The molecule has 1 aromatic carbocycles. The number of hydrogen-bond donors (Lipinski definition) is 1. The molecule has 0 spiro atoms. The fourth-order valence-electron chi connectivity index (χ4n) is 1.53. The monoisotopic (exact) mass is 240 g/mol. The second-order valence-electron chi connectivity index (χ2n) is 4.08. The summed E-state index contributed by atoms with van der Waals surface area (Å²) in [6.45, 7) is 4.51. The van der Waals surface area contributed by atoms with Crippen LogP contribution in [-0.4, -0.2) is 11.5 Å². The summed E-state index contributed by atoms with van der Waals surface area (Å²) in [6.07, 6.45) is 1.73. The van der Waals surface area contributed by atoms with Gasteiger partial charge in [0.05, 0.1) is 18.8 Å². The van der Waals surface area contributed by atoms with Crippen LogP contribution in [0.2, 0.25) is 0 Å². The first-order valence-electron chi connectivity index (χ1n) is 5.95. The predicted octanol–water partition coefficient (Wildman–Crippen LogP) is 2.69. The Bertz CT molecular complexity index is 549. The summed E-state index contributed by atoms with van der Waals surface area (Å²) in [5, 5.41) is 3.25. The predicted molar refractivity (Wildman–Crippen MR) is 71.0 cm³/mol. The van der Waals surface area contributed by atoms with Crippen LogP contribution >= 0.6 is 0 Å². The minimum Gasteiger partial charge on any atom is -0.444 e. The van der Waals surface area contributed by atoms with E-state index in [1.54, 1.807) is 6.20 Å². The van der Waals surface area contributed by atoms with Gasteiger partial charge in [-0.15, -0.1) is 0 Å². The first-order valence-corrected chi connectivity index (χ1v) is 5.95. The van der Waals surface area contributed by atoms with Crippen LogP contribution in [0.25, 0.3) is 0 Å². The summed E-state index contributed by atoms with van der Waals surface area (Å²) in [5.41, 5.74) is 1.03. The Morgan fingerprint density at radius 1 is 1.33 bits per heavy atom. The summed E-state index contributed by atoms with van der Waals surface area (Å²) in [5.74, 6) is 7.70. The van der Waals surface area contributed by atoms with Gasteiger partial charge in [0.15, 0.2) is 0 Å². The highest BCUT2D eigenvalue weighted by Gasteiger charge is 2.08. The van der Waals surface area contributed by atoms with Gasteiger partial charge in [0.2, 0.25) is 5.89 Å². The van der Waals surface area contributed by atoms with Crippen molar-refractivity contribution in [3.8, 4) is 11.8 Å². The molecule has 0 bridgehead atoms. The normalized spacial score (nSPS) is 11.7. The van der Waals surface area contributed by atoms with Crippen LogP contribution in [0, 0.1) is 18.8 Å². The van der Waals surface area contributed by atoms with Crippen molar-refractivity contribution in [3.63, 3.8) is 0 Å². The van der Waals surface area contributed by atoms with E-state index in [0.29, 0.717) is 12.4 Å². The SMILES string of the molecule is Cc1cnc(C(C)NCC#Cc2ccccc2)o1. The molecule has 3 heteroatoms. The molecule has 0 aliphatic carbocycles. The van der Waals surface area contributed by atoms with Crippen LogP contribution in [0.4, 0.5) is 0 Å². The topological polar surface area (TPSA) is 38.1 Å². The lowest BCUT2D eigenvalue weighted by Crippen LogP contribution is -2.19. The maximum Gasteiger partial charge on any atom is 0.211 e. The fraction of sp³-hybridized carbons (Fsp3) is 0.267. The highest BCUT2D eigenvalue weighted by molar-refractivity contribution is 5.33. The molecule has 1 heterocycles. The maximum absolute atomic E-state index is 5.44. The third kappa shape index (κ3) is 3.47. The van der Waals surface area contributed by atoms with Gasteiger partial charge >= 0.3 is 0 Å². The fourth-order valence-corrected chi connectivity index (χ4v) is 1.53. The zero-order valence-electron chi connectivity index (χ0n) is 10.6. The molecule has 2 rings (SSSR count). The Kier molecular flexibility index (Phi) is 4.16. The van der Waals surface area contributed by atoms with Crippen molar-refractivity contribution >= 4 is 0 Å². The molecule has 92 valence electrons. The van der Waals surface area contributed by atoms with Gasteiger partial charge in [0.25, 0.3) is 0 Å². The van der Waals surface area contributed by atoms with Crippen LogP contribution in [-0.2, 0) is 0 Å². The maximum atomic E-state index is 5.44. The molecule has 1 aromatic heterocycles. The third-order valence-corrected chi connectivity index (χ3v) is 2.51. The zero-order valence-corrected chi connectivity index (χ0v) is 10.6. The molecule has 0 aliphatic rings. The number of benzene rings is 1. The molecular formula is C15H16N2O. The van der Waals surface area contributed by atoms with Gasteiger partial charge in [0.1, 0.15) is 5.76 Å². The lowest BCUT2D eigenvalue weighted by atomic mass is 10.2. The molecule has 0 amide bonds. The zero-order chi connectivity index (χ0) is 12.8. The quantitative estimate of drug-likeness (QED) is 0.838. The largest absolute Gasteiger partial charge is 0.444 e. The van der Waals surface area contributed by atoms with E-state index in [-0.39, 0.29) is 6.04 Å². The van der Waals surface area contributed by atoms with E-state index in [1.807, 2.05) is 44.2 Å². The molecule has 0 aliphatic heterocycles. The minimum absolute atomic E-state index is 0.0729. The van der Waals surface area contributed by atoms with Gasteiger partial charge in [-0.05, 0) is 26.0 Å². The Morgan fingerprint density at radius 3 is 2.78 bits per heavy atom. The highest BCUT2D eigenvalue weighted by atomic mass is 16.4.